The maximum atomic E-state index is 12.8. The fourth-order valence-corrected chi connectivity index (χ4v) is 3.30. The highest BCUT2D eigenvalue weighted by atomic mass is 35.5. The molecule has 5 heteroatoms. The predicted molar refractivity (Wildman–Crippen MR) is 94.7 cm³/mol. The number of piperidine rings is 1. The summed E-state index contributed by atoms with van der Waals surface area (Å²) in [6.45, 7) is 1.08. The van der Waals surface area contributed by atoms with E-state index in [1.807, 2.05) is 42.5 Å². The molecule has 2 aromatic carbocycles. The van der Waals surface area contributed by atoms with E-state index in [1.54, 1.807) is 11.0 Å². The van der Waals surface area contributed by atoms with E-state index in [4.69, 9.17) is 17.3 Å². The highest BCUT2D eigenvalue weighted by molar-refractivity contribution is 6.31. The van der Waals surface area contributed by atoms with Gasteiger partial charge in [0.15, 0.2) is 0 Å². The average Bonchev–Trinajstić information content (AvgIpc) is 2.61. The zero-order valence-electron chi connectivity index (χ0n) is 13.2. The number of carbonyl (C=O) groups excluding carboxylic acids is 2. The van der Waals surface area contributed by atoms with Crippen LogP contribution in [0.25, 0.3) is 11.1 Å². The first kappa shape index (κ1) is 16.5. The minimum Gasteiger partial charge on any atom is -0.369 e. The van der Waals surface area contributed by atoms with Gasteiger partial charge in [0.05, 0.1) is 0 Å². The predicted octanol–water partition coefficient (Wildman–Crippen LogP) is 3.34. The Balaban J connectivity index is 1.81. The number of carbonyl (C=O) groups is 2. The summed E-state index contributed by atoms with van der Waals surface area (Å²) < 4.78 is 0. The summed E-state index contributed by atoms with van der Waals surface area (Å²) in [4.78, 5) is 25.8. The van der Waals surface area contributed by atoms with E-state index in [0.717, 1.165) is 11.1 Å². The molecule has 1 aliphatic heterocycles. The van der Waals surface area contributed by atoms with Crippen LogP contribution >= 0.6 is 11.6 Å². The van der Waals surface area contributed by atoms with Gasteiger partial charge in [-0.1, -0.05) is 41.9 Å². The number of benzene rings is 2. The maximum absolute atomic E-state index is 12.8. The summed E-state index contributed by atoms with van der Waals surface area (Å²) in [7, 11) is 0. The molecule has 24 heavy (non-hydrogen) atoms. The van der Waals surface area contributed by atoms with Gasteiger partial charge in [0.1, 0.15) is 0 Å². The van der Waals surface area contributed by atoms with Crippen molar-refractivity contribution in [1.82, 2.24) is 4.90 Å². The van der Waals surface area contributed by atoms with Crippen molar-refractivity contribution >= 4 is 23.4 Å². The largest absolute Gasteiger partial charge is 0.369 e. The van der Waals surface area contributed by atoms with Gasteiger partial charge >= 0.3 is 0 Å². The van der Waals surface area contributed by atoms with Crippen LogP contribution in [0, 0.1) is 5.92 Å². The molecule has 1 heterocycles. The number of hydrogen-bond acceptors (Lipinski definition) is 2. The molecule has 0 bridgehead atoms. The molecule has 0 radical (unpaired) electrons. The van der Waals surface area contributed by atoms with Crippen LogP contribution in [0.1, 0.15) is 23.2 Å². The van der Waals surface area contributed by atoms with Gasteiger partial charge in [0.2, 0.25) is 5.91 Å². The minimum absolute atomic E-state index is 0.0578. The second-order valence-corrected chi connectivity index (χ2v) is 6.50. The van der Waals surface area contributed by atoms with E-state index in [2.05, 4.69) is 0 Å². The SMILES string of the molecule is NC(=O)C1CCN(C(=O)c2cc(Cl)cc(-c3ccccc3)c2)CC1. The fraction of sp³-hybridized carbons (Fsp3) is 0.263. The Morgan fingerprint density at radius 2 is 1.67 bits per heavy atom. The van der Waals surface area contributed by atoms with Crippen molar-refractivity contribution in [2.24, 2.45) is 11.7 Å². The Labute approximate surface area is 146 Å². The highest BCUT2D eigenvalue weighted by Crippen LogP contribution is 2.26. The summed E-state index contributed by atoms with van der Waals surface area (Å²) >= 11 is 6.22. The molecule has 2 N–H and O–H groups in total. The van der Waals surface area contributed by atoms with Crippen LogP contribution in [0.4, 0.5) is 0 Å². The normalized spacial score (nSPS) is 15.3. The first-order valence-corrected chi connectivity index (χ1v) is 8.37. The van der Waals surface area contributed by atoms with Crippen molar-refractivity contribution in [3.05, 3.63) is 59.1 Å². The van der Waals surface area contributed by atoms with Gasteiger partial charge in [0.25, 0.3) is 5.91 Å². The third-order valence-electron chi connectivity index (χ3n) is 4.44. The van der Waals surface area contributed by atoms with E-state index in [1.165, 1.54) is 0 Å². The Kier molecular flexibility index (Phi) is 4.86. The molecule has 1 fully saturated rings. The Morgan fingerprint density at radius 1 is 1.00 bits per heavy atom. The van der Waals surface area contributed by atoms with Crippen molar-refractivity contribution in [1.29, 1.82) is 0 Å². The number of likely N-dealkylation sites (tertiary alicyclic amines) is 1. The number of nitrogens with zero attached hydrogens (tertiary/aromatic N) is 1. The van der Waals surface area contributed by atoms with Crippen molar-refractivity contribution in [3.8, 4) is 11.1 Å². The first-order chi connectivity index (χ1) is 11.5. The molecule has 1 aliphatic rings. The number of nitrogens with two attached hydrogens (primary N) is 1. The molecule has 2 amide bonds. The van der Waals surface area contributed by atoms with Crippen LogP contribution in [-0.4, -0.2) is 29.8 Å². The van der Waals surface area contributed by atoms with Crippen LogP contribution < -0.4 is 5.73 Å². The van der Waals surface area contributed by atoms with Crippen molar-refractivity contribution < 1.29 is 9.59 Å². The number of halogens is 1. The number of amides is 2. The molecule has 0 unspecified atom stereocenters. The Bertz CT molecular complexity index is 753. The molecule has 0 atom stereocenters. The second kappa shape index (κ2) is 7.05. The van der Waals surface area contributed by atoms with Gasteiger partial charge in [-0.25, -0.2) is 0 Å². The van der Waals surface area contributed by atoms with E-state index in [0.29, 0.717) is 36.5 Å². The van der Waals surface area contributed by atoms with Gasteiger partial charge in [-0.15, -0.1) is 0 Å². The number of rotatable bonds is 3. The monoisotopic (exact) mass is 342 g/mol. The van der Waals surface area contributed by atoms with E-state index >= 15 is 0 Å². The fourth-order valence-electron chi connectivity index (χ4n) is 3.06. The summed E-state index contributed by atoms with van der Waals surface area (Å²) in [6, 6.07) is 15.2. The van der Waals surface area contributed by atoms with Crippen LogP contribution in [0.15, 0.2) is 48.5 Å². The lowest BCUT2D eigenvalue weighted by Gasteiger charge is -2.30. The molecule has 2 aromatic rings. The Hall–Kier alpha value is -2.33. The first-order valence-electron chi connectivity index (χ1n) is 7.99. The molecule has 1 saturated heterocycles. The smallest absolute Gasteiger partial charge is 0.253 e. The molecule has 3 rings (SSSR count). The lowest BCUT2D eigenvalue weighted by atomic mass is 9.95. The van der Waals surface area contributed by atoms with Crippen LogP contribution in [-0.2, 0) is 4.79 Å². The van der Waals surface area contributed by atoms with Gasteiger partial charge in [-0.3, -0.25) is 9.59 Å². The molecule has 124 valence electrons. The summed E-state index contributed by atoms with van der Waals surface area (Å²) in [6.07, 6.45) is 1.24. The van der Waals surface area contributed by atoms with Gasteiger partial charge < -0.3 is 10.6 Å². The molecule has 0 spiro atoms. The van der Waals surface area contributed by atoms with Crippen LogP contribution in [0.5, 0.6) is 0 Å². The van der Waals surface area contributed by atoms with E-state index < -0.39 is 0 Å². The average molecular weight is 343 g/mol. The summed E-state index contributed by atoms with van der Waals surface area (Å²) in [5.41, 5.74) is 7.84. The molecule has 4 nitrogen and oxygen atoms in total. The second-order valence-electron chi connectivity index (χ2n) is 6.06. The quantitative estimate of drug-likeness (QED) is 0.929. The van der Waals surface area contributed by atoms with E-state index in [-0.39, 0.29) is 17.7 Å². The summed E-state index contributed by atoms with van der Waals surface area (Å²) in [5.74, 6) is -0.470. The Morgan fingerprint density at radius 3 is 2.29 bits per heavy atom. The van der Waals surface area contributed by atoms with Gasteiger partial charge in [0, 0.05) is 29.6 Å². The van der Waals surface area contributed by atoms with E-state index in [9.17, 15) is 9.59 Å². The third kappa shape index (κ3) is 3.60. The minimum atomic E-state index is -0.281. The van der Waals surface area contributed by atoms with Crippen molar-refractivity contribution in [3.63, 3.8) is 0 Å². The van der Waals surface area contributed by atoms with Crippen LogP contribution in [0.3, 0.4) is 0 Å². The highest BCUT2D eigenvalue weighted by Gasteiger charge is 2.26. The topological polar surface area (TPSA) is 63.4 Å². The molecule has 0 aromatic heterocycles. The maximum Gasteiger partial charge on any atom is 0.253 e. The molecule has 0 saturated carbocycles. The molecular formula is C19H19ClN2O2. The van der Waals surface area contributed by atoms with Gasteiger partial charge in [-0.2, -0.15) is 0 Å². The van der Waals surface area contributed by atoms with Gasteiger partial charge in [-0.05, 0) is 42.2 Å². The lowest BCUT2D eigenvalue weighted by molar-refractivity contribution is -0.123. The molecular weight excluding hydrogens is 324 g/mol. The van der Waals surface area contributed by atoms with Crippen LogP contribution in [0.2, 0.25) is 5.02 Å². The third-order valence-corrected chi connectivity index (χ3v) is 4.65. The number of primary amides is 1. The zero-order chi connectivity index (χ0) is 17.1. The number of hydrogen-bond donors (Lipinski definition) is 1. The molecule has 0 aliphatic carbocycles. The van der Waals surface area contributed by atoms with Crippen molar-refractivity contribution in [2.75, 3.05) is 13.1 Å². The lowest BCUT2D eigenvalue weighted by Crippen LogP contribution is -2.41. The standard InChI is InChI=1S/C19H19ClN2O2/c20-17-11-15(13-4-2-1-3-5-13)10-16(12-17)19(24)22-8-6-14(7-9-22)18(21)23/h1-5,10-12,14H,6-9H2,(H2,21,23). The summed E-state index contributed by atoms with van der Waals surface area (Å²) in [5, 5.41) is 0.534. The van der Waals surface area contributed by atoms with Crippen molar-refractivity contribution in [2.45, 2.75) is 12.8 Å². The zero-order valence-corrected chi connectivity index (χ0v) is 14.0.